The Bertz CT molecular complexity index is 863. The number of carbonyl (C=O) groups excluding carboxylic acids is 1. The summed E-state index contributed by atoms with van der Waals surface area (Å²) in [5, 5.41) is 6.21. The van der Waals surface area contributed by atoms with E-state index in [-0.39, 0.29) is 30.4 Å². The molecular formula is C23H28FN3O2. The number of hydrogen-bond donors (Lipinski definition) is 0. The summed E-state index contributed by atoms with van der Waals surface area (Å²) in [5.74, 6) is 0.449. The molecule has 0 saturated carbocycles. The summed E-state index contributed by atoms with van der Waals surface area (Å²) >= 11 is 0. The van der Waals surface area contributed by atoms with Crippen LogP contribution in [0.1, 0.15) is 44.4 Å². The highest BCUT2D eigenvalue weighted by molar-refractivity contribution is 6.03. The summed E-state index contributed by atoms with van der Waals surface area (Å²) < 4.78 is 18.8. The molecule has 0 saturated heterocycles. The fraction of sp³-hybridized carbons (Fsp3) is 0.391. The number of carbonyl (C=O) groups is 1. The maximum absolute atomic E-state index is 13.3. The number of amides is 1. The molecule has 6 heteroatoms. The van der Waals surface area contributed by atoms with Crippen LogP contribution in [0.5, 0.6) is 5.75 Å². The van der Waals surface area contributed by atoms with E-state index < -0.39 is 0 Å². The first-order valence-corrected chi connectivity index (χ1v) is 9.97. The van der Waals surface area contributed by atoms with E-state index in [1.165, 1.54) is 12.1 Å². The van der Waals surface area contributed by atoms with Crippen LogP contribution in [0.4, 0.5) is 4.39 Å². The largest absolute Gasteiger partial charge is 0.494 e. The minimum Gasteiger partial charge on any atom is -0.494 e. The van der Waals surface area contributed by atoms with E-state index in [1.807, 2.05) is 43.1 Å². The van der Waals surface area contributed by atoms with Gasteiger partial charge in [-0.25, -0.2) is 9.40 Å². The van der Waals surface area contributed by atoms with Crippen LogP contribution >= 0.6 is 0 Å². The highest BCUT2D eigenvalue weighted by Crippen LogP contribution is 2.33. The van der Waals surface area contributed by atoms with Gasteiger partial charge in [-0.05, 0) is 63.2 Å². The van der Waals surface area contributed by atoms with Gasteiger partial charge in [0.1, 0.15) is 11.6 Å². The number of halogens is 1. The summed E-state index contributed by atoms with van der Waals surface area (Å²) in [6, 6.07) is 14.1. The minimum absolute atomic E-state index is 0.0582. The second-order valence-corrected chi connectivity index (χ2v) is 7.52. The van der Waals surface area contributed by atoms with Gasteiger partial charge < -0.3 is 4.74 Å². The van der Waals surface area contributed by atoms with Crippen molar-refractivity contribution in [3.05, 3.63) is 65.5 Å². The first kappa shape index (κ1) is 21.0. The van der Waals surface area contributed by atoms with Gasteiger partial charge in [0, 0.05) is 12.5 Å². The Hall–Kier alpha value is -2.73. The van der Waals surface area contributed by atoms with Crippen LogP contribution in [0.25, 0.3) is 0 Å². The predicted octanol–water partition coefficient (Wildman–Crippen LogP) is 4.24. The van der Waals surface area contributed by atoms with E-state index in [1.54, 1.807) is 17.1 Å². The molecule has 1 atom stereocenters. The first-order valence-electron chi connectivity index (χ1n) is 9.97. The molecule has 0 aromatic heterocycles. The van der Waals surface area contributed by atoms with Gasteiger partial charge in [0.05, 0.1) is 24.9 Å². The zero-order chi connectivity index (χ0) is 21.0. The number of hydrogen-bond acceptors (Lipinski definition) is 4. The monoisotopic (exact) mass is 397 g/mol. The van der Waals surface area contributed by atoms with Crippen LogP contribution in [0, 0.1) is 5.82 Å². The lowest BCUT2D eigenvalue weighted by atomic mass is 9.98. The maximum atomic E-state index is 13.3. The van der Waals surface area contributed by atoms with E-state index >= 15 is 0 Å². The van der Waals surface area contributed by atoms with Gasteiger partial charge in [-0.3, -0.25) is 9.69 Å². The van der Waals surface area contributed by atoms with Crippen molar-refractivity contribution in [3.8, 4) is 5.75 Å². The summed E-state index contributed by atoms with van der Waals surface area (Å²) in [5.41, 5.74) is 2.61. The Morgan fingerprint density at radius 3 is 2.45 bits per heavy atom. The molecule has 29 heavy (non-hydrogen) atoms. The van der Waals surface area contributed by atoms with Gasteiger partial charge in [0.25, 0.3) is 5.91 Å². The topological polar surface area (TPSA) is 45.1 Å². The molecule has 154 valence electrons. The standard InChI is InChI=1S/C23H28FN3O2/c1-5-29-20-12-8-18(9-13-20)22-14-21(17-6-10-19(24)11-7-17)25-27(22)23(28)15-26(4)16(2)3/h6-13,16,22H,5,14-15H2,1-4H3/t22-/m0/s1. The van der Waals surface area contributed by atoms with Crippen molar-refractivity contribution in [2.75, 3.05) is 20.2 Å². The zero-order valence-electron chi connectivity index (χ0n) is 17.4. The lowest BCUT2D eigenvalue weighted by molar-refractivity contribution is -0.134. The molecule has 1 amide bonds. The Kier molecular flexibility index (Phi) is 6.64. The molecule has 0 aliphatic carbocycles. The van der Waals surface area contributed by atoms with E-state index in [0.29, 0.717) is 13.0 Å². The van der Waals surface area contributed by atoms with Crippen molar-refractivity contribution in [1.29, 1.82) is 0 Å². The number of hydrazone groups is 1. The molecule has 0 N–H and O–H groups in total. The summed E-state index contributed by atoms with van der Waals surface area (Å²) in [6.45, 7) is 6.93. The first-order chi connectivity index (χ1) is 13.9. The molecule has 0 bridgehead atoms. The lowest BCUT2D eigenvalue weighted by Gasteiger charge is -2.26. The van der Waals surface area contributed by atoms with Gasteiger partial charge in [-0.15, -0.1) is 0 Å². The van der Waals surface area contributed by atoms with Crippen molar-refractivity contribution >= 4 is 11.6 Å². The molecule has 5 nitrogen and oxygen atoms in total. The molecule has 1 heterocycles. The molecule has 2 aromatic carbocycles. The molecule has 0 spiro atoms. The molecule has 1 aliphatic rings. The smallest absolute Gasteiger partial charge is 0.257 e. The predicted molar refractivity (Wildman–Crippen MR) is 113 cm³/mol. The van der Waals surface area contributed by atoms with Crippen LogP contribution in [-0.2, 0) is 4.79 Å². The lowest BCUT2D eigenvalue weighted by Crippen LogP contribution is -2.39. The van der Waals surface area contributed by atoms with Crippen molar-refractivity contribution in [2.24, 2.45) is 5.10 Å². The van der Waals surface area contributed by atoms with E-state index in [0.717, 1.165) is 22.6 Å². The Balaban J connectivity index is 1.88. The fourth-order valence-electron chi connectivity index (χ4n) is 3.24. The van der Waals surface area contributed by atoms with E-state index in [9.17, 15) is 9.18 Å². The third kappa shape index (κ3) is 5.01. The van der Waals surface area contributed by atoms with Crippen LogP contribution in [0.15, 0.2) is 53.6 Å². The third-order valence-corrected chi connectivity index (χ3v) is 5.19. The molecular weight excluding hydrogens is 369 g/mol. The highest BCUT2D eigenvalue weighted by atomic mass is 19.1. The van der Waals surface area contributed by atoms with Crippen LogP contribution < -0.4 is 4.74 Å². The summed E-state index contributed by atoms with van der Waals surface area (Å²) in [7, 11) is 1.93. The van der Waals surface area contributed by atoms with Crippen LogP contribution in [0.3, 0.4) is 0 Å². The number of likely N-dealkylation sites (N-methyl/N-ethyl adjacent to an activating group) is 1. The third-order valence-electron chi connectivity index (χ3n) is 5.19. The SMILES string of the molecule is CCOc1ccc([C@@H]2CC(c3ccc(F)cc3)=NN2C(=O)CN(C)C(C)C)cc1. The number of ether oxygens (including phenoxy) is 1. The Morgan fingerprint density at radius 1 is 1.21 bits per heavy atom. The Labute approximate surface area is 171 Å². The second-order valence-electron chi connectivity index (χ2n) is 7.52. The van der Waals surface area contributed by atoms with Crippen LogP contribution in [-0.4, -0.2) is 47.8 Å². The quantitative estimate of drug-likeness (QED) is 0.702. The summed E-state index contributed by atoms with van der Waals surface area (Å²) in [4.78, 5) is 15.0. The average Bonchev–Trinajstić information content (AvgIpc) is 3.15. The van der Waals surface area contributed by atoms with Crippen molar-refractivity contribution in [2.45, 2.75) is 39.3 Å². The molecule has 3 rings (SSSR count). The van der Waals surface area contributed by atoms with Gasteiger partial charge in [0.15, 0.2) is 0 Å². The van der Waals surface area contributed by atoms with Gasteiger partial charge >= 0.3 is 0 Å². The van der Waals surface area contributed by atoms with E-state index in [2.05, 4.69) is 18.9 Å². The number of rotatable bonds is 7. The molecule has 1 aliphatic heterocycles. The highest BCUT2D eigenvalue weighted by Gasteiger charge is 2.33. The zero-order valence-corrected chi connectivity index (χ0v) is 17.4. The Morgan fingerprint density at radius 2 is 1.86 bits per heavy atom. The van der Waals surface area contributed by atoms with E-state index in [4.69, 9.17) is 4.74 Å². The minimum atomic E-state index is -0.290. The van der Waals surface area contributed by atoms with Crippen molar-refractivity contribution in [3.63, 3.8) is 0 Å². The van der Waals surface area contributed by atoms with Gasteiger partial charge in [0.2, 0.25) is 0 Å². The molecule has 2 aromatic rings. The number of nitrogens with zero attached hydrogens (tertiary/aromatic N) is 3. The van der Waals surface area contributed by atoms with Crippen molar-refractivity contribution < 1.29 is 13.9 Å². The summed E-state index contributed by atoms with van der Waals surface area (Å²) in [6.07, 6.45) is 0.580. The molecule has 0 unspecified atom stereocenters. The maximum Gasteiger partial charge on any atom is 0.257 e. The van der Waals surface area contributed by atoms with Crippen molar-refractivity contribution in [1.82, 2.24) is 9.91 Å². The van der Waals surface area contributed by atoms with Gasteiger partial charge in [-0.2, -0.15) is 5.10 Å². The molecule has 0 radical (unpaired) electrons. The fourth-order valence-corrected chi connectivity index (χ4v) is 3.24. The normalized spacial score (nSPS) is 16.4. The van der Waals surface area contributed by atoms with Crippen LogP contribution in [0.2, 0.25) is 0 Å². The second kappa shape index (κ2) is 9.18. The molecule has 0 fully saturated rings. The average molecular weight is 397 g/mol. The number of benzene rings is 2. The van der Waals surface area contributed by atoms with Gasteiger partial charge in [-0.1, -0.05) is 24.3 Å².